The van der Waals surface area contributed by atoms with Crippen LogP contribution in [0.4, 0.5) is 5.69 Å². The zero-order valence-electron chi connectivity index (χ0n) is 18.2. The van der Waals surface area contributed by atoms with E-state index in [0.717, 1.165) is 24.1 Å². The number of methoxy groups -OCH3 is 1. The number of nitrogens with zero attached hydrogens (tertiary/aromatic N) is 1. The third-order valence-corrected chi connectivity index (χ3v) is 6.44. The van der Waals surface area contributed by atoms with Gasteiger partial charge in [0.1, 0.15) is 36.3 Å². The molecule has 0 saturated carbocycles. The molecule has 4 N–H and O–H groups in total. The van der Waals surface area contributed by atoms with Crippen molar-refractivity contribution >= 4 is 5.69 Å². The molecule has 0 amide bonds. The van der Waals surface area contributed by atoms with Crippen LogP contribution in [0.3, 0.4) is 0 Å². The lowest BCUT2D eigenvalue weighted by Gasteiger charge is -2.40. The van der Waals surface area contributed by atoms with Crippen LogP contribution in [0.25, 0.3) is 0 Å². The Balaban J connectivity index is 1.74. The number of hydrogen-bond donors (Lipinski definition) is 4. The van der Waals surface area contributed by atoms with Crippen LogP contribution in [-0.2, 0) is 24.0 Å². The van der Waals surface area contributed by atoms with Gasteiger partial charge in [-0.25, -0.2) is 0 Å². The van der Waals surface area contributed by atoms with Crippen LogP contribution in [0.15, 0.2) is 30.3 Å². The number of fused-ring (bicyclic) bond motifs is 1. The van der Waals surface area contributed by atoms with Crippen LogP contribution in [0.5, 0.6) is 5.75 Å². The summed E-state index contributed by atoms with van der Waals surface area (Å²) in [5.41, 5.74) is 6.58. The molecular weight excluding hydrogens is 398 g/mol. The molecule has 1 saturated heterocycles. The molecule has 0 spiro atoms. The predicted molar refractivity (Wildman–Crippen MR) is 117 cm³/mol. The van der Waals surface area contributed by atoms with Crippen molar-refractivity contribution in [2.24, 2.45) is 0 Å². The standard InChI is InChI=1S/C24H31NO6/c1-25(2)18-11-19(30-3)17(24-23(29)22(28)21(27)20(12-26)31-24)10-16(18)9-13-4-5-14-6-7-15(14)8-13/h4-5,8,10-11,20-24,26-29H,6-7,9,12H2,1-3H3/t20-,21-,22+,23-,24+/m1/s1. The van der Waals surface area contributed by atoms with Crippen LogP contribution in [-0.4, -0.2) is 72.7 Å². The summed E-state index contributed by atoms with van der Waals surface area (Å²) in [5.74, 6) is 0.508. The maximum atomic E-state index is 10.6. The van der Waals surface area contributed by atoms with Crippen molar-refractivity contribution in [1.29, 1.82) is 0 Å². The highest BCUT2D eigenvalue weighted by Crippen LogP contribution is 2.40. The van der Waals surface area contributed by atoms with Gasteiger partial charge in [0.25, 0.3) is 0 Å². The van der Waals surface area contributed by atoms with Gasteiger partial charge in [0, 0.05) is 31.4 Å². The number of aryl methyl sites for hydroxylation is 2. The Labute approximate surface area is 182 Å². The van der Waals surface area contributed by atoms with E-state index in [1.165, 1.54) is 16.7 Å². The molecule has 2 aromatic carbocycles. The number of benzene rings is 2. The lowest BCUT2D eigenvalue weighted by Crippen LogP contribution is -2.55. The fourth-order valence-electron chi connectivity index (χ4n) is 4.53. The molecule has 0 aromatic heterocycles. The van der Waals surface area contributed by atoms with Gasteiger partial charge < -0.3 is 34.8 Å². The average Bonchev–Trinajstić information content (AvgIpc) is 2.74. The molecule has 2 aliphatic rings. The summed E-state index contributed by atoms with van der Waals surface area (Å²) in [5, 5.41) is 40.6. The fourth-order valence-corrected chi connectivity index (χ4v) is 4.53. The third kappa shape index (κ3) is 4.04. The van der Waals surface area contributed by atoms with Crippen LogP contribution in [0.1, 0.15) is 33.9 Å². The van der Waals surface area contributed by atoms with Crippen molar-refractivity contribution in [3.05, 3.63) is 58.1 Å². The second kappa shape index (κ2) is 8.76. The molecule has 1 heterocycles. The number of ether oxygens (including phenoxy) is 2. The highest BCUT2D eigenvalue weighted by Gasteiger charge is 2.45. The normalized spacial score (nSPS) is 27.4. The first-order valence-electron chi connectivity index (χ1n) is 10.6. The highest BCUT2D eigenvalue weighted by atomic mass is 16.5. The first kappa shape index (κ1) is 22.0. The summed E-state index contributed by atoms with van der Waals surface area (Å²) >= 11 is 0. The molecule has 5 atom stereocenters. The fraction of sp³-hybridized carbons (Fsp3) is 0.500. The summed E-state index contributed by atoms with van der Waals surface area (Å²) in [6.45, 7) is -0.471. The first-order chi connectivity index (χ1) is 14.8. The molecule has 0 radical (unpaired) electrons. The largest absolute Gasteiger partial charge is 0.496 e. The molecule has 2 aromatic rings. The van der Waals surface area contributed by atoms with E-state index in [4.69, 9.17) is 9.47 Å². The van der Waals surface area contributed by atoms with E-state index in [2.05, 4.69) is 18.2 Å². The van der Waals surface area contributed by atoms with Crippen molar-refractivity contribution in [2.45, 2.75) is 49.8 Å². The second-order valence-corrected chi connectivity index (χ2v) is 8.65. The minimum Gasteiger partial charge on any atom is -0.496 e. The second-order valence-electron chi connectivity index (χ2n) is 8.65. The Morgan fingerprint density at radius 2 is 1.74 bits per heavy atom. The van der Waals surface area contributed by atoms with E-state index < -0.39 is 37.1 Å². The van der Waals surface area contributed by atoms with Crippen LogP contribution >= 0.6 is 0 Å². The Kier molecular flexibility index (Phi) is 6.23. The first-order valence-corrected chi connectivity index (χ1v) is 10.6. The molecular formula is C24H31NO6. The van der Waals surface area contributed by atoms with Crippen molar-refractivity contribution in [1.82, 2.24) is 0 Å². The summed E-state index contributed by atoms with van der Waals surface area (Å²) in [4.78, 5) is 2.01. The molecule has 7 heteroatoms. The number of hydrogen-bond acceptors (Lipinski definition) is 7. The topological polar surface area (TPSA) is 103 Å². The van der Waals surface area contributed by atoms with Crippen LogP contribution in [0, 0.1) is 0 Å². The maximum absolute atomic E-state index is 10.6. The third-order valence-electron chi connectivity index (χ3n) is 6.44. The Hall–Kier alpha value is -2.16. The molecule has 31 heavy (non-hydrogen) atoms. The minimum absolute atomic E-state index is 0.471. The SMILES string of the molecule is COc1cc(N(C)C)c(Cc2ccc3c(c2)CC3)cc1[C@@H]1O[C@H](CO)[C@@H](O)[C@H](O)[C@H]1O. The lowest BCUT2D eigenvalue weighted by molar-refractivity contribution is -0.232. The Morgan fingerprint density at radius 3 is 2.32 bits per heavy atom. The Bertz CT molecular complexity index is 944. The summed E-state index contributed by atoms with van der Waals surface area (Å²) in [6.07, 6.45) is -3.17. The number of aliphatic hydroxyl groups excluding tert-OH is 4. The van der Waals surface area contributed by atoms with Gasteiger partial charge >= 0.3 is 0 Å². The molecule has 1 fully saturated rings. The van der Waals surface area contributed by atoms with Gasteiger partial charge in [-0.2, -0.15) is 0 Å². The quantitative estimate of drug-likeness (QED) is 0.543. The van der Waals surface area contributed by atoms with Crippen LogP contribution < -0.4 is 9.64 Å². The van der Waals surface area contributed by atoms with E-state index >= 15 is 0 Å². The van der Waals surface area contributed by atoms with Crippen molar-refractivity contribution in [3.63, 3.8) is 0 Å². The smallest absolute Gasteiger partial charge is 0.126 e. The zero-order valence-corrected chi connectivity index (χ0v) is 18.2. The number of anilines is 1. The summed E-state index contributed by atoms with van der Waals surface area (Å²) < 4.78 is 11.4. The van der Waals surface area contributed by atoms with Gasteiger partial charge in [-0.1, -0.05) is 18.2 Å². The predicted octanol–water partition coefficient (Wildman–Crippen LogP) is 0.965. The van der Waals surface area contributed by atoms with E-state index in [0.29, 0.717) is 17.7 Å². The van der Waals surface area contributed by atoms with E-state index in [-0.39, 0.29) is 0 Å². The van der Waals surface area contributed by atoms with E-state index in [1.807, 2.05) is 31.1 Å². The lowest BCUT2D eigenvalue weighted by atomic mass is 9.85. The van der Waals surface area contributed by atoms with Crippen LogP contribution in [0.2, 0.25) is 0 Å². The van der Waals surface area contributed by atoms with E-state index in [9.17, 15) is 20.4 Å². The van der Waals surface area contributed by atoms with Gasteiger partial charge in [-0.05, 0) is 47.6 Å². The van der Waals surface area contributed by atoms with Gasteiger partial charge in [-0.3, -0.25) is 0 Å². The molecule has 0 unspecified atom stereocenters. The van der Waals surface area contributed by atoms with Gasteiger partial charge in [0.15, 0.2) is 0 Å². The van der Waals surface area contributed by atoms with Crippen molar-refractivity contribution in [2.75, 3.05) is 32.7 Å². The molecule has 1 aliphatic heterocycles. The van der Waals surface area contributed by atoms with Gasteiger partial charge in [0.2, 0.25) is 0 Å². The summed E-state index contributed by atoms with van der Waals surface area (Å²) in [6, 6.07) is 10.4. The number of aliphatic hydroxyl groups is 4. The van der Waals surface area contributed by atoms with E-state index in [1.54, 1.807) is 7.11 Å². The van der Waals surface area contributed by atoms with Crippen molar-refractivity contribution < 1.29 is 29.9 Å². The highest BCUT2D eigenvalue weighted by molar-refractivity contribution is 5.61. The molecule has 7 nitrogen and oxygen atoms in total. The molecule has 1 aliphatic carbocycles. The van der Waals surface area contributed by atoms with Gasteiger partial charge in [0.05, 0.1) is 13.7 Å². The minimum atomic E-state index is -1.44. The molecule has 4 rings (SSSR count). The number of rotatable bonds is 6. The monoisotopic (exact) mass is 429 g/mol. The average molecular weight is 430 g/mol. The summed E-state index contributed by atoms with van der Waals surface area (Å²) in [7, 11) is 5.46. The van der Waals surface area contributed by atoms with Gasteiger partial charge in [-0.15, -0.1) is 0 Å². The molecule has 168 valence electrons. The molecule has 0 bridgehead atoms. The maximum Gasteiger partial charge on any atom is 0.126 e. The zero-order chi connectivity index (χ0) is 22.3. The van der Waals surface area contributed by atoms with Crippen molar-refractivity contribution in [3.8, 4) is 5.75 Å². The Morgan fingerprint density at radius 1 is 1.00 bits per heavy atom.